The smallest absolute Gasteiger partial charge is 0.157 e. The number of likely N-dealkylation sites (tertiary alicyclic amines) is 1. The molecule has 270 valence electrons. The number of rotatable bonds is 9. The summed E-state index contributed by atoms with van der Waals surface area (Å²) in [6.07, 6.45) is 3.91. The molecule has 0 spiro atoms. The molecule has 2 aromatic carbocycles. The Labute approximate surface area is 312 Å². The summed E-state index contributed by atoms with van der Waals surface area (Å²) < 4.78 is 21.8. The minimum atomic E-state index is -0.569. The van der Waals surface area contributed by atoms with Gasteiger partial charge in [0.05, 0.1) is 51.1 Å². The number of aryl methyl sites for hydroxylation is 3. The van der Waals surface area contributed by atoms with Crippen molar-refractivity contribution in [2.45, 2.75) is 103 Å². The maximum absolute atomic E-state index is 17.2. The van der Waals surface area contributed by atoms with Gasteiger partial charge in [-0.1, -0.05) is 54.4 Å². The molecule has 2 aliphatic carbocycles. The first-order chi connectivity index (χ1) is 25.1. The molecule has 12 heteroatoms. The lowest BCUT2D eigenvalue weighted by atomic mass is 9.79. The van der Waals surface area contributed by atoms with E-state index in [2.05, 4.69) is 55.8 Å². The Kier molecular flexibility index (Phi) is 8.40. The molecule has 3 saturated heterocycles. The van der Waals surface area contributed by atoms with Gasteiger partial charge in [0, 0.05) is 58.8 Å². The van der Waals surface area contributed by atoms with Crippen molar-refractivity contribution >= 4 is 45.0 Å². The number of nitriles is 1. The van der Waals surface area contributed by atoms with Gasteiger partial charge in [0.1, 0.15) is 11.7 Å². The van der Waals surface area contributed by atoms with Gasteiger partial charge in [-0.2, -0.15) is 5.26 Å². The van der Waals surface area contributed by atoms with Gasteiger partial charge >= 0.3 is 0 Å². The summed E-state index contributed by atoms with van der Waals surface area (Å²) >= 11 is 13.2. The van der Waals surface area contributed by atoms with Crippen LogP contribution in [-0.4, -0.2) is 59.9 Å². The molecule has 2 N–H and O–H groups in total. The molecule has 6 atom stereocenters. The third-order valence-corrected chi connectivity index (χ3v) is 13.1. The second-order valence-corrected chi connectivity index (χ2v) is 16.6. The van der Waals surface area contributed by atoms with Gasteiger partial charge in [-0.15, -0.1) is 5.10 Å². The van der Waals surface area contributed by atoms with Crippen molar-refractivity contribution in [2.75, 3.05) is 13.1 Å². The number of hydrogen-bond acceptors (Lipinski definition) is 7. The molecule has 0 radical (unpaired) electrons. The predicted octanol–water partition coefficient (Wildman–Crippen LogP) is 8.34. The lowest BCUT2D eigenvalue weighted by Gasteiger charge is -2.40. The van der Waals surface area contributed by atoms with Crippen LogP contribution in [0.25, 0.3) is 32.9 Å². The highest BCUT2D eigenvalue weighted by Crippen LogP contribution is 2.52. The third-order valence-electron chi connectivity index (χ3n) is 12.3. The second kappa shape index (κ2) is 12.8. The van der Waals surface area contributed by atoms with Crippen LogP contribution >= 0.6 is 23.2 Å². The normalized spacial score (nSPS) is 25.0. The molecule has 3 aliphatic heterocycles. The van der Waals surface area contributed by atoms with Gasteiger partial charge < -0.3 is 15.0 Å². The van der Waals surface area contributed by atoms with Crippen molar-refractivity contribution in [3.63, 3.8) is 0 Å². The molecule has 2 bridgehead atoms. The quantitative estimate of drug-likeness (QED) is 0.156. The molecule has 5 fully saturated rings. The molecule has 52 heavy (non-hydrogen) atoms. The van der Waals surface area contributed by atoms with Gasteiger partial charge in [-0.3, -0.25) is 4.90 Å². The van der Waals surface area contributed by atoms with E-state index in [1.165, 1.54) is 0 Å². The lowest BCUT2D eigenvalue weighted by molar-refractivity contribution is -0.0255. The van der Waals surface area contributed by atoms with Crippen LogP contribution in [-0.2, 0) is 6.42 Å². The minimum absolute atomic E-state index is 0.0377. The molecule has 6 heterocycles. The van der Waals surface area contributed by atoms with E-state index in [4.69, 9.17) is 28.2 Å². The molecular weight excluding hydrogens is 698 g/mol. The Morgan fingerprint density at radius 3 is 2.62 bits per heavy atom. The number of pyridine rings is 1. The standard InChI is InChI=1S/C40H43Cl2FN8O/c1-19(2)37-21(4)47-48-51(37)25-15-31(49(18-25)40(52)22-10-11-22)32-16-27-20(3)46-36-28(39(27)50(32)38-24-14-30(38)45-17-24)13-23(7-6-12-44)33(35(36)43)26-8-5-9-29(41)34(26)42/h5,8-9,13,16,19,22,24-25,30-31,38,40,45,52H,6-7,10-11,14-15,17-18H2,1-4H3/t24-,25+,30-,31-,38+,40?/m1/s1. The van der Waals surface area contributed by atoms with Crippen LogP contribution < -0.4 is 5.32 Å². The largest absolute Gasteiger partial charge is 0.378 e. The summed E-state index contributed by atoms with van der Waals surface area (Å²) in [6, 6.07) is 12.2. The third kappa shape index (κ3) is 5.22. The first kappa shape index (κ1) is 34.2. The van der Waals surface area contributed by atoms with Crippen molar-refractivity contribution in [2.24, 2.45) is 11.8 Å². The van der Waals surface area contributed by atoms with E-state index in [1.54, 1.807) is 18.2 Å². The number of benzene rings is 2. The first-order valence-corrected chi connectivity index (χ1v) is 19.4. The van der Waals surface area contributed by atoms with Crippen molar-refractivity contribution < 1.29 is 9.50 Å². The molecule has 5 aromatic rings. The maximum atomic E-state index is 17.2. The van der Waals surface area contributed by atoms with Gasteiger partial charge in [-0.25, -0.2) is 14.1 Å². The topological polar surface area (TPSA) is 108 Å². The number of hydrogen-bond donors (Lipinski definition) is 2. The number of aliphatic hydroxyl groups is 1. The van der Waals surface area contributed by atoms with Crippen LogP contribution in [0.2, 0.25) is 10.0 Å². The van der Waals surface area contributed by atoms with E-state index in [-0.39, 0.29) is 46.9 Å². The predicted molar refractivity (Wildman–Crippen MR) is 201 cm³/mol. The number of nitrogens with one attached hydrogen (secondary N) is 1. The van der Waals surface area contributed by atoms with Crippen LogP contribution in [0.1, 0.15) is 98.3 Å². The zero-order valence-electron chi connectivity index (χ0n) is 29.9. The summed E-state index contributed by atoms with van der Waals surface area (Å²) in [5.74, 6) is 0.495. The van der Waals surface area contributed by atoms with E-state index >= 15 is 4.39 Å². The van der Waals surface area contributed by atoms with E-state index in [1.807, 2.05) is 19.9 Å². The van der Waals surface area contributed by atoms with Crippen LogP contribution in [0.4, 0.5) is 4.39 Å². The summed E-state index contributed by atoms with van der Waals surface area (Å²) in [6.45, 7) is 9.94. The molecule has 3 aromatic heterocycles. The van der Waals surface area contributed by atoms with Crippen LogP contribution in [0.3, 0.4) is 0 Å². The summed E-state index contributed by atoms with van der Waals surface area (Å²) in [4.78, 5) is 7.26. The SMILES string of the molecule is Cc1nnn([C@H]2C[C@H](c3cc4c(C)nc5c(F)c(-c6cccc(Cl)c6Cl)c(CCC#N)cc5c4n3[C@H]3[C@H]4CN[C@@H]3C4)N(C(O)C3CC3)C2)c1C(C)C. The molecule has 10 rings (SSSR count). The molecule has 1 unspecified atom stereocenters. The number of aromatic nitrogens is 5. The van der Waals surface area contributed by atoms with E-state index in [0.29, 0.717) is 46.6 Å². The summed E-state index contributed by atoms with van der Waals surface area (Å²) in [5, 5.41) is 36.7. The first-order valence-electron chi connectivity index (χ1n) is 18.6. The molecule has 2 saturated carbocycles. The summed E-state index contributed by atoms with van der Waals surface area (Å²) in [7, 11) is 0. The Morgan fingerprint density at radius 1 is 1.12 bits per heavy atom. The van der Waals surface area contributed by atoms with Crippen LogP contribution in [0, 0.1) is 42.8 Å². The number of halogens is 3. The monoisotopic (exact) mass is 740 g/mol. The average Bonchev–Trinajstić information content (AvgIpc) is 3.54. The number of fused-ring (bicyclic) bond motifs is 4. The lowest BCUT2D eigenvalue weighted by Crippen LogP contribution is -2.42. The highest BCUT2D eigenvalue weighted by atomic mass is 35.5. The van der Waals surface area contributed by atoms with Crippen molar-refractivity contribution in [3.05, 3.63) is 74.5 Å². The van der Waals surface area contributed by atoms with E-state index in [9.17, 15) is 10.4 Å². The number of aliphatic hydroxyl groups excluding tert-OH is 1. The van der Waals surface area contributed by atoms with Gasteiger partial charge in [-0.05, 0) is 87.5 Å². The zero-order valence-corrected chi connectivity index (χ0v) is 31.4. The van der Waals surface area contributed by atoms with E-state index in [0.717, 1.165) is 71.3 Å². The fourth-order valence-electron chi connectivity index (χ4n) is 9.69. The second-order valence-electron chi connectivity index (χ2n) is 15.8. The highest BCUT2D eigenvalue weighted by molar-refractivity contribution is 6.43. The molecular formula is C40H43Cl2FN8O. The van der Waals surface area contributed by atoms with Crippen LogP contribution in [0.5, 0.6) is 0 Å². The summed E-state index contributed by atoms with van der Waals surface area (Å²) in [5.41, 5.74) is 6.72. The minimum Gasteiger partial charge on any atom is -0.378 e. The number of nitrogens with zero attached hydrogens (tertiary/aromatic N) is 7. The van der Waals surface area contributed by atoms with Crippen molar-refractivity contribution in [1.82, 2.24) is 34.8 Å². The molecule has 0 amide bonds. The van der Waals surface area contributed by atoms with Gasteiger partial charge in [0.15, 0.2) is 5.82 Å². The molecule has 5 aliphatic rings. The van der Waals surface area contributed by atoms with Crippen molar-refractivity contribution in [3.8, 4) is 17.2 Å². The fourth-order valence-corrected chi connectivity index (χ4v) is 10.1. The van der Waals surface area contributed by atoms with Crippen LogP contribution in [0.15, 0.2) is 30.3 Å². The average molecular weight is 742 g/mol. The Morgan fingerprint density at radius 2 is 1.92 bits per heavy atom. The highest BCUT2D eigenvalue weighted by Gasteiger charge is 2.51. The van der Waals surface area contributed by atoms with Gasteiger partial charge in [0.25, 0.3) is 0 Å². The Balaban J connectivity index is 1.29. The zero-order chi connectivity index (χ0) is 36.2. The Bertz CT molecular complexity index is 2280. The van der Waals surface area contributed by atoms with E-state index < -0.39 is 12.0 Å². The van der Waals surface area contributed by atoms with Gasteiger partial charge in [0.2, 0.25) is 0 Å². The maximum Gasteiger partial charge on any atom is 0.157 e. The Hall–Kier alpha value is -3.59. The van der Waals surface area contributed by atoms with Crippen molar-refractivity contribution in [1.29, 1.82) is 5.26 Å². The fraction of sp³-hybridized carbons (Fsp3) is 0.500. The molecule has 9 nitrogen and oxygen atoms in total.